The Labute approximate surface area is 86.6 Å². The van der Waals surface area contributed by atoms with Gasteiger partial charge < -0.3 is 10.6 Å². The van der Waals surface area contributed by atoms with E-state index in [-0.39, 0.29) is 11.9 Å². The van der Waals surface area contributed by atoms with E-state index in [1.54, 1.807) is 0 Å². The van der Waals surface area contributed by atoms with Crippen molar-refractivity contribution < 1.29 is 4.79 Å². The number of hydrogen-bond donors (Lipinski definition) is 2. The van der Waals surface area contributed by atoms with Crippen LogP contribution in [0.5, 0.6) is 0 Å². The van der Waals surface area contributed by atoms with Crippen LogP contribution in [-0.2, 0) is 4.79 Å². The fourth-order valence-electron chi connectivity index (χ4n) is 0.906. The summed E-state index contributed by atoms with van der Waals surface area (Å²) in [6.07, 6.45) is 6.15. The molecule has 0 radical (unpaired) electrons. The molecule has 2 unspecified atom stereocenters. The fourth-order valence-corrected chi connectivity index (χ4v) is 0.906. The van der Waals surface area contributed by atoms with Crippen molar-refractivity contribution in [2.24, 2.45) is 5.92 Å². The van der Waals surface area contributed by atoms with Crippen molar-refractivity contribution in [1.29, 1.82) is 0 Å². The monoisotopic (exact) mass is 196 g/mol. The van der Waals surface area contributed by atoms with Gasteiger partial charge in [0, 0.05) is 0 Å². The average Bonchev–Trinajstić information content (AvgIpc) is 2.21. The van der Waals surface area contributed by atoms with Crippen LogP contribution in [0, 0.1) is 18.3 Å². The van der Waals surface area contributed by atoms with E-state index >= 15 is 0 Å². The molecule has 0 aromatic heterocycles. The van der Waals surface area contributed by atoms with Gasteiger partial charge in [0.15, 0.2) is 0 Å². The van der Waals surface area contributed by atoms with Crippen molar-refractivity contribution in [3.05, 3.63) is 0 Å². The first-order valence-corrected chi connectivity index (χ1v) is 5.06. The van der Waals surface area contributed by atoms with Crippen LogP contribution < -0.4 is 10.6 Å². The van der Waals surface area contributed by atoms with E-state index in [1.165, 1.54) is 0 Å². The maximum absolute atomic E-state index is 11.3. The summed E-state index contributed by atoms with van der Waals surface area (Å²) in [6, 6.07) is -0.169. The van der Waals surface area contributed by atoms with Gasteiger partial charge in [-0.3, -0.25) is 4.79 Å². The maximum Gasteiger partial charge on any atom is 0.237 e. The number of nitrogens with one attached hydrogen (secondary N) is 2. The smallest absolute Gasteiger partial charge is 0.237 e. The largest absolute Gasteiger partial charge is 0.344 e. The topological polar surface area (TPSA) is 41.1 Å². The average molecular weight is 196 g/mol. The van der Waals surface area contributed by atoms with E-state index in [9.17, 15) is 4.79 Å². The number of carbonyl (C=O) groups excluding carboxylic acids is 1. The molecule has 0 rings (SSSR count). The molecule has 2 N–H and O–H groups in total. The van der Waals surface area contributed by atoms with E-state index in [0.717, 1.165) is 13.0 Å². The molecular formula is C11H20N2O. The first-order valence-electron chi connectivity index (χ1n) is 5.06. The molecule has 0 aliphatic rings. The van der Waals surface area contributed by atoms with Gasteiger partial charge >= 0.3 is 0 Å². The van der Waals surface area contributed by atoms with Gasteiger partial charge in [-0.1, -0.05) is 26.2 Å². The summed E-state index contributed by atoms with van der Waals surface area (Å²) in [5.74, 6) is 2.93. The lowest BCUT2D eigenvalue weighted by molar-refractivity contribution is -0.122. The van der Waals surface area contributed by atoms with Gasteiger partial charge in [-0.05, 0) is 19.4 Å². The highest BCUT2D eigenvalue weighted by atomic mass is 16.2. The zero-order valence-corrected chi connectivity index (χ0v) is 9.26. The normalized spacial score (nSPS) is 14.1. The number of carbonyl (C=O) groups is 1. The molecule has 0 aromatic rings. The van der Waals surface area contributed by atoms with E-state index in [2.05, 4.69) is 30.4 Å². The molecule has 0 saturated carbocycles. The number of terminal acetylenes is 1. The minimum atomic E-state index is -0.169. The predicted octanol–water partition coefficient (Wildman–Crippen LogP) is 0.760. The van der Waals surface area contributed by atoms with Crippen molar-refractivity contribution in [1.82, 2.24) is 10.6 Å². The molecule has 1 amide bonds. The van der Waals surface area contributed by atoms with E-state index < -0.39 is 0 Å². The van der Waals surface area contributed by atoms with Gasteiger partial charge in [0.2, 0.25) is 5.91 Å². The van der Waals surface area contributed by atoms with Gasteiger partial charge in [-0.2, -0.15) is 0 Å². The van der Waals surface area contributed by atoms with Crippen LogP contribution in [0.4, 0.5) is 0 Å². The minimum Gasteiger partial charge on any atom is -0.344 e. The maximum atomic E-state index is 11.3. The second kappa shape index (κ2) is 7.40. The number of rotatable bonds is 6. The zero-order valence-electron chi connectivity index (χ0n) is 9.26. The molecule has 0 saturated heterocycles. The Morgan fingerprint density at radius 2 is 2.14 bits per heavy atom. The highest BCUT2D eigenvalue weighted by Crippen LogP contribution is 1.97. The lowest BCUT2D eigenvalue weighted by Gasteiger charge is -2.15. The highest BCUT2D eigenvalue weighted by Gasteiger charge is 2.11. The van der Waals surface area contributed by atoms with Crippen LogP contribution in [0.15, 0.2) is 0 Å². The summed E-state index contributed by atoms with van der Waals surface area (Å²) in [4.78, 5) is 11.3. The van der Waals surface area contributed by atoms with Crippen molar-refractivity contribution in [3.63, 3.8) is 0 Å². The second-order valence-corrected chi connectivity index (χ2v) is 3.57. The Morgan fingerprint density at radius 3 is 2.64 bits per heavy atom. The van der Waals surface area contributed by atoms with Crippen LogP contribution in [0.1, 0.15) is 27.2 Å². The van der Waals surface area contributed by atoms with Gasteiger partial charge in [0.1, 0.15) is 0 Å². The molecule has 80 valence electrons. The molecule has 0 aromatic carbocycles. The fraction of sp³-hybridized carbons (Fsp3) is 0.727. The van der Waals surface area contributed by atoms with Crippen molar-refractivity contribution in [3.8, 4) is 12.3 Å². The summed E-state index contributed by atoms with van der Waals surface area (Å²) in [6.45, 7) is 7.29. The van der Waals surface area contributed by atoms with Gasteiger partial charge in [0.25, 0.3) is 0 Å². The third-order valence-electron chi connectivity index (χ3n) is 2.23. The zero-order chi connectivity index (χ0) is 11.0. The summed E-state index contributed by atoms with van der Waals surface area (Å²) >= 11 is 0. The van der Waals surface area contributed by atoms with Crippen LogP contribution >= 0.6 is 0 Å². The van der Waals surface area contributed by atoms with Crippen molar-refractivity contribution in [2.75, 3.05) is 13.1 Å². The first kappa shape index (κ1) is 13.0. The quantitative estimate of drug-likeness (QED) is 0.616. The Balaban J connectivity index is 3.68. The van der Waals surface area contributed by atoms with Crippen molar-refractivity contribution >= 4 is 5.91 Å². The number of amides is 1. The molecule has 3 heteroatoms. The standard InChI is InChI=1S/C11H20N2O/c1-5-7-12-11(14)10(4)13-8-9(3)6-2/h1,9-10,13H,6-8H2,2-4H3,(H,12,14). The lowest BCUT2D eigenvalue weighted by atomic mass is 10.1. The third kappa shape index (κ3) is 5.60. The Bertz CT molecular complexity index is 208. The van der Waals surface area contributed by atoms with Crippen LogP contribution in [0.2, 0.25) is 0 Å². The molecule has 2 atom stereocenters. The van der Waals surface area contributed by atoms with E-state index in [0.29, 0.717) is 12.5 Å². The highest BCUT2D eigenvalue weighted by molar-refractivity contribution is 5.81. The van der Waals surface area contributed by atoms with E-state index in [1.807, 2.05) is 6.92 Å². The molecule has 0 bridgehead atoms. The second-order valence-electron chi connectivity index (χ2n) is 3.57. The van der Waals surface area contributed by atoms with E-state index in [4.69, 9.17) is 6.42 Å². The first-order chi connectivity index (χ1) is 6.61. The van der Waals surface area contributed by atoms with Gasteiger partial charge in [-0.15, -0.1) is 6.42 Å². The Morgan fingerprint density at radius 1 is 1.50 bits per heavy atom. The third-order valence-corrected chi connectivity index (χ3v) is 2.23. The molecule has 0 heterocycles. The summed E-state index contributed by atoms with van der Waals surface area (Å²) < 4.78 is 0. The van der Waals surface area contributed by atoms with Crippen LogP contribution in [0.3, 0.4) is 0 Å². The Kier molecular flexibility index (Phi) is 6.87. The van der Waals surface area contributed by atoms with Crippen LogP contribution in [-0.4, -0.2) is 25.0 Å². The molecule has 0 aliphatic heterocycles. The molecule has 3 nitrogen and oxygen atoms in total. The Hall–Kier alpha value is -1.01. The molecule has 0 fully saturated rings. The molecule has 0 aliphatic carbocycles. The summed E-state index contributed by atoms with van der Waals surface area (Å²) in [5, 5.41) is 5.80. The molecule has 0 spiro atoms. The molecular weight excluding hydrogens is 176 g/mol. The van der Waals surface area contributed by atoms with Crippen molar-refractivity contribution in [2.45, 2.75) is 33.2 Å². The SMILES string of the molecule is C#CCNC(=O)C(C)NCC(C)CC. The minimum absolute atomic E-state index is 0.0359. The predicted molar refractivity (Wildman–Crippen MR) is 58.8 cm³/mol. The van der Waals surface area contributed by atoms with Gasteiger partial charge in [0.05, 0.1) is 12.6 Å². The van der Waals surface area contributed by atoms with Gasteiger partial charge in [-0.25, -0.2) is 0 Å². The summed E-state index contributed by atoms with van der Waals surface area (Å²) in [5.41, 5.74) is 0. The summed E-state index contributed by atoms with van der Waals surface area (Å²) in [7, 11) is 0. The lowest BCUT2D eigenvalue weighted by Crippen LogP contribution is -2.43. The number of hydrogen-bond acceptors (Lipinski definition) is 2. The van der Waals surface area contributed by atoms with Crippen LogP contribution in [0.25, 0.3) is 0 Å². The molecule has 14 heavy (non-hydrogen) atoms.